The Morgan fingerprint density at radius 3 is 2.70 bits per heavy atom. The molecule has 4 nitrogen and oxygen atoms in total. The van der Waals surface area contributed by atoms with E-state index in [0.29, 0.717) is 11.2 Å². The van der Waals surface area contributed by atoms with Gasteiger partial charge >= 0.3 is 0 Å². The first-order valence-corrected chi connectivity index (χ1v) is 8.63. The van der Waals surface area contributed by atoms with Gasteiger partial charge in [0.25, 0.3) is 0 Å². The number of quaternary nitrogens is 1. The standard InChI is InChI=1S/C18H23N3OS/c1-14-7-2-3-8-15(14)20-18(23)19-13-16(17-9-6-12-22-17)21-10-4-5-11-21/h2-3,6-9,12,16H,4-5,10-11,13H2,1H3,(H2,19,20,23)/p+1/t16-/m0/s1. The third-order valence-corrected chi connectivity index (χ3v) is 4.73. The molecule has 1 aliphatic rings. The summed E-state index contributed by atoms with van der Waals surface area (Å²) in [5.74, 6) is 1.04. The highest BCUT2D eigenvalue weighted by Gasteiger charge is 2.29. The molecule has 1 aromatic carbocycles. The molecule has 3 N–H and O–H groups in total. The molecule has 122 valence electrons. The molecule has 0 saturated carbocycles. The van der Waals surface area contributed by atoms with Crippen LogP contribution in [0.15, 0.2) is 47.1 Å². The lowest BCUT2D eigenvalue weighted by atomic mass is 10.2. The van der Waals surface area contributed by atoms with Crippen molar-refractivity contribution in [2.24, 2.45) is 0 Å². The number of furan rings is 1. The van der Waals surface area contributed by atoms with Crippen LogP contribution < -0.4 is 15.5 Å². The summed E-state index contributed by atoms with van der Waals surface area (Å²) in [5, 5.41) is 7.31. The first-order chi connectivity index (χ1) is 11.2. The summed E-state index contributed by atoms with van der Waals surface area (Å²) in [6, 6.07) is 12.5. The molecule has 1 fully saturated rings. The predicted molar refractivity (Wildman–Crippen MR) is 96.8 cm³/mol. The van der Waals surface area contributed by atoms with Gasteiger partial charge in [-0.1, -0.05) is 18.2 Å². The third-order valence-electron chi connectivity index (χ3n) is 4.49. The molecule has 0 spiro atoms. The summed E-state index contributed by atoms with van der Waals surface area (Å²) in [6.45, 7) is 5.25. The Morgan fingerprint density at radius 2 is 2.00 bits per heavy atom. The lowest BCUT2D eigenvalue weighted by molar-refractivity contribution is -0.919. The Bertz CT molecular complexity index is 635. The molecule has 0 amide bonds. The van der Waals surface area contributed by atoms with Crippen molar-refractivity contribution < 1.29 is 9.32 Å². The first kappa shape index (κ1) is 16.0. The first-order valence-electron chi connectivity index (χ1n) is 8.22. The highest BCUT2D eigenvalue weighted by Crippen LogP contribution is 2.14. The van der Waals surface area contributed by atoms with Crippen molar-refractivity contribution in [3.8, 4) is 0 Å². The van der Waals surface area contributed by atoms with Crippen LogP contribution in [0.3, 0.4) is 0 Å². The van der Waals surface area contributed by atoms with Crippen LogP contribution in [0.5, 0.6) is 0 Å². The van der Waals surface area contributed by atoms with Crippen molar-refractivity contribution in [2.45, 2.75) is 25.8 Å². The molecule has 0 aliphatic carbocycles. The van der Waals surface area contributed by atoms with E-state index < -0.39 is 0 Å². The molecule has 1 aliphatic heterocycles. The maximum Gasteiger partial charge on any atom is 0.171 e. The maximum atomic E-state index is 5.65. The van der Waals surface area contributed by atoms with E-state index in [2.05, 4.69) is 29.7 Å². The van der Waals surface area contributed by atoms with Crippen molar-refractivity contribution in [1.29, 1.82) is 0 Å². The van der Waals surface area contributed by atoms with Crippen molar-refractivity contribution in [1.82, 2.24) is 5.32 Å². The monoisotopic (exact) mass is 330 g/mol. The molecule has 0 bridgehead atoms. The van der Waals surface area contributed by atoms with Gasteiger partial charge in [0, 0.05) is 18.5 Å². The number of para-hydroxylation sites is 1. The zero-order valence-corrected chi connectivity index (χ0v) is 14.3. The molecule has 0 unspecified atom stereocenters. The molecule has 2 heterocycles. The smallest absolute Gasteiger partial charge is 0.171 e. The van der Waals surface area contributed by atoms with Crippen LogP contribution in [0.2, 0.25) is 0 Å². The van der Waals surface area contributed by atoms with Crippen LogP contribution in [0, 0.1) is 6.92 Å². The summed E-state index contributed by atoms with van der Waals surface area (Å²) < 4.78 is 5.65. The van der Waals surface area contributed by atoms with Crippen LogP contribution in [0.25, 0.3) is 0 Å². The number of anilines is 1. The third kappa shape index (κ3) is 4.12. The minimum atomic E-state index is 0.309. The van der Waals surface area contributed by atoms with Crippen LogP contribution in [-0.2, 0) is 0 Å². The fourth-order valence-corrected chi connectivity index (χ4v) is 3.38. The van der Waals surface area contributed by atoms with Gasteiger partial charge in [-0.15, -0.1) is 0 Å². The number of likely N-dealkylation sites (tertiary alicyclic amines) is 1. The predicted octanol–water partition coefficient (Wildman–Crippen LogP) is 2.29. The highest BCUT2D eigenvalue weighted by molar-refractivity contribution is 7.80. The number of hydrogen-bond acceptors (Lipinski definition) is 2. The zero-order valence-electron chi connectivity index (χ0n) is 13.5. The van der Waals surface area contributed by atoms with E-state index in [9.17, 15) is 0 Å². The number of hydrogen-bond donors (Lipinski definition) is 3. The number of thiocarbonyl (C=S) groups is 1. The molecule has 3 rings (SSSR count). The average Bonchev–Trinajstić information content (AvgIpc) is 3.23. The van der Waals surface area contributed by atoms with E-state index in [1.807, 2.05) is 24.3 Å². The zero-order chi connectivity index (χ0) is 16.1. The van der Waals surface area contributed by atoms with E-state index in [1.54, 1.807) is 11.2 Å². The van der Waals surface area contributed by atoms with Crippen molar-refractivity contribution in [2.75, 3.05) is 25.0 Å². The Kier molecular flexibility index (Phi) is 5.31. The highest BCUT2D eigenvalue weighted by atomic mass is 32.1. The second kappa shape index (κ2) is 7.62. The number of benzene rings is 1. The number of rotatable bonds is 5. The fraction of sp³-hybridized carbons (Fsp3) is 0.389. The molecule has 1 saturated heterocycles. The van der Waals surface area contributed by atoms with E-state index in [-0.39, 0.29) is 0 Å². The van der Waals surface area contributed by atoms with E-state index >= 15 is 0 Å². The summed E-state index contributed by atoms with van der Waals surface area (Å²) in [7, 11) is 0. The fourth-order valence-electron chi connectivity index (χ4n) is 3.19. The lowest BCUT2D eigenvalue weighted by Gasteiger charge is -2.24. The number of aryl methyl sites for hydroxylation is 1. The topological polar surface area (TPSA) is 41.6 Å². The minimum absolute atomic E-state index is 0.309. The van der Waals surface area contributed by atoms with E-state index in [0.717, 1.165) is 18.0 Å². The van der Waals surface area contributed by atoms with Gasteiger partial charge in [0.15, 0.2) is 16.9 Å². The van der Waals surface area contributed by atoms with Crippen molar-refractivity contribution >= 4 is 23.0 Å². The molecule has 1 aromatic heterocycles. The van der Waals surface area contributed by atoms with Gasteiger partial charge in [-0.3, -0.25) is 0 Å². The maximum absolute atomic E-state index is 5.65. The van der Waals surface area contributed by atoms with Crippen molar-refractivity contribution in [3.05, 3.63) is 54.0 Å². The molecule has 1 atom stereocenters. The summed E-state index contributed by atoms with van der Waals surface area (Å²) in [5.41, 5.74) is 2.23. The molecular formula is C18H24N3OS+. The molecule has 5 heteroatoms. The Morgan fingerprint density at radius 1 is 1.22 bits per heavy atom. The van der Waals surface area contributed by atoms with Gasteiger partial charge in [-0.2, -0.15) is 0 Å². The van der Waals surface area contributed by atoms with Gasteiger partial charge in [0.2, 0.25) is 0 Å². The van der Waals surface area contributed by atoms with Crippen LogP contribution in [0.4, 0.5) is 5.69 Å². The number of nitrogens with one attached hydrogen (secondary N) is 3. The molecular weight excluding hydrogens is 306 g/mol. The van der Waals surface area contributed by atoms with E-state index in [4.69, 9.17) is 16.6 Å². The van der Waals surface area contributed by atoms with Crippen LogP contribution in [-0.4, -0.2) is 24.7 Å². The summed E-state index contributed by atoms with van der Waals surface area (Å²) in [4.78, 5) is 1.58. The van der Waals surface area contributed by atoms with Crippen LogP contribution in [0.1, 0.15) is 30.2 Å². The van der Waals surface area contributed by atoms with Gasteiger partial charge in [-0.05, 0) is 42.9 Å². The lowest BCUT2D eigenvalue weighted by Crippen LogP contribution is -3.11. The van der Waals surface area contributed by atoms with Gasteiger partial charge in [0.1, 0.15) is 0 Å². The second-order valence-corrected chi connectivity index (χ2v) is 6.49. The SMILES string of the molecule is Cc1ccccc1NC(=S)NC[C@@H](c1ccco1)[NH+]1CCCC1. The minimum Gasteiger partial charge on any atom is -0.463 e. The Hall–Kier alpha value is -1.85. The van der Waals surface area contributed by atoms with Gasteiger partial charge < -0.3 is 20.0 Å². The quantitative estimate of drug-likeness (QED) is 0.736. The van der Waals surface area contributed by atoms with Gasteiger partial charge in [0.05, 0.1) is 25.9 Å². The Labute approximate surface area is 142 Å². The van der Waals surface area contributed by atoms with Crippen molar-refractivity contribution in [3.63, 3.8) is 0 Å². The molecule has 0 radical (unpaired) electrons. The largest absolute Gasteiger partial charge is 0.463 e. The summed E-state index contributed by atoms with van der Waals surface area (Å²) in [6.07, 6.45) is 4.33. The Balaban J connectivity index is 1.60. The van der Waals surface area contributed by atoms with E-state index in [1.165, 1.54) is 31.5 Å². The molecule has 23 heavy (non-hydrogen) atoms. The second-order valence-electron chi connectivity index (χ2n) is 6.08. The average molecular weight is 330 g/mol. The van der Waals surface area contributed by atoms with Crippen LogP contribution >= 0.6 is 12.2 Å². The molecule has 2 aromatic rings. The van der Waals surface area contributed by atoms with Gasteiger partial charge in [-0.25, -0.2) is 0 Å². The summed E-state index contributed by atoms with van der Waals surface area (Å²) >= 11 is 5.46. The normalized spacial score (nSPS) is 16.2.